The van der Waals surface area contributed by atoms with Crippen LogP contribution in [0.3, 0.4) is 0 Å². The largest absolute Gasteiger partial charge is 0.497 e. The zero-order valence-corrected chi connectivity index (χ0v) is 18.3. The van der Waals surface area contributed by atoms with E-state index in [0.717, 1.165) is 42.2 Å². The highest BCUT2D eigenvalue weighted by atomic mass is 32.1. The van der Waals surface area contributed by atoms with E-state index in [-0.39, 0.29) is 0 Å². The van der Waals surface area contributed by atoms with Crippen LogP contribution in [0.1, 0.15) is 12.0 Å². The summed E-state index contributed by atoms with van der Waals surface area (Å²) in [4.78, 5) is 2.35. The summed E-state index contributed by atoms with van der Waals surface area (Å²) in [5.41, 5.74) is 4.59. The van der Waals surface area contributed by atoms with Gasteiger partial charge in [-0.3, -0.25) is 4.57 Å². The minimum Gasteiger partial charge on any atom is -0.497 e. The van der Waals surface area contributed by atoms with Crippen molar-refractivity contribution in [3.8, 4) is 22.8 Å². The van der Waals surface area contributed by atoms with Gasteiger partial charge in [0.15, 0.2) is 5.82 Å². The second-order valence-electron chi connectivity index (χ2n) is 7.65. The third kappa shape index (κ3) is 3.75. The Morgan fingerprint density at radius 2 is 1.71 bits per heavy atom. The average Bonchev–Trinajstić information content (AvgIpc) is 3.16. The molecule has 0 saturated carbocycles. The van der Waals surface area contributed by atoms with Crippen molar-refractivity contribution in [1.29, 1.82) is 0 Å². The number of ether oxygens (including phenoxy) is 1. The van der Waals surface area contributed by atoms with Crippen molar-refractivity contribution in [1.82, 2.24) is 14.3 Å². The molecule has 5 nitrogen and oxygen atoms in total. The molecule has 0 N–H and O–H groups in total. The number of hydrogen-bond acceptors (Lipinski definition) is 4. The first kappa shape index (κ1) is 19.6. The van der Waals surface area contributed by atoms with E-state index in [1.54, 1.807) is 7.11 Å². The summed E-state index contributed by atoms with van der Waals surface area (Å²) >= 11 is 5.92. The summed E-state index contributed by atoms with van der Waals surface area (Å²) in [5, 5.41) is 4.97. The third-order valence-corrected chi connectivity index (χ3v) is 6.09. The molecule has 6 heteroatoms. The third-order valence-electron chi connectivity index (χ3n) is 5.69. The van der Waals surface area contributed by atoms with Crippen molar-refractivity contribution in [3.63, 3.8) is 0 Å². The molecule has 0 spiro atoms. The summed E-state index contributed by atoms with van der Waals surface area (Å²) in [6.07, 6.45) is 2.15. The topological polar surface area (TPSA) is 35.2 Å². The van der Waals surface area contributed by atoms with Crippen molar-refractivity contribution >= 4 is 17.9 Å². The maximum atomic E-state index is 5.92. The molecule has 1 aliphatic rings. The molecule has 0 bridgehead atoms. The Bertz CT molecular complexity index is 1250. The summed E-state index contributed by atoms with van der Waals surface area (Å²) in [5.74, 6) is 1.75. The van der Waals surface area contributed by atoms with Crippen LogP contribution in [0.2, 0.25) is 0 Å². The Kier molecular flexibility index (Phi) is 5.30. The van der Waals surface area contributed by atoms with Crippen LogP contribution in [-0.4, -0.2) is 28.0 Å². The smallest absolute Gasteiger partial charge is 0.204 e. The molecular formula is C25H24N4OS. The number of nitrogens with zero attached hydrogens (tertiary/aromatic N) is 4. The molecule has 4 aromatic rings. The lowest BCUT2D eigenvalue weighted by Gasteiger charge is -2.31. The van der Waals surface area contributed by atoms with Crippen LogP contribution in [0.5, 0.6) is 5.75 Å². The molecule has 3 aromatic carbocycles. The summed E-state index contributed by atoms with van der Waals surface area (Å²) in [7, 11) is 1.71. The number of rotatable bonds is 5. The van der Waals surface area contributed by atoms with Crippen LogP contribution in [0, 0.1) is 4.77 Å². The first-order valence-electron chi connectivity index (χ1n) is 10.5. The molecule has 156 valence electrons. The van der Waals surface area contributed by atoms with Crippen molar-refractivity contribution in [3.05, 3.63) is 89.2 Å². The van der Waals surface area contributed by atoms with Crippen LogP contribution in [-0.2, 0) is 13.1 Å². The Labute approximate surface area is 187 Å². The lowest BCUT2D eigenvalue weighted by atomic mass is 10.0. The van der Waals surface area contributed by atoms with E-state index in [1.165, 1.54) is 11.3 Å². The molecule has 1 aliphatic heterocycles. The van der Waals surface area contributed by atoms with E-state index >= 15 is 0 Å². The number of aryl methyl sites for hydroxylation is 1. The Hall–Kier alpha value is -3.38. The molecule has 5 rings (SSSR count). The van der Waals surface area contributed by atoms with Gasteiger partial charge in [-0.05, 0) is 61.0 Å². The van der Waals surface area contributed by atoms with E-state index in [1.807, 2.05) is 47.1 Å². The molecule has 0 amide bonds. The predicted molar refractivity (Wildman–Crippen MR) is 126 cm³/mol. The number of benzene rings is 3. The molecule has 0 radical (unpaired) electrons. The molecule has 2 heterocycles. The Balaban J connectivity index is 1.57. The number of hydrogen-bond donors (Lipinski definition) is 0. The van der Waals surface area contributed by atoms with Crippen molar-refractivity contribution in [2.24, 2.45) is 0 Å². The molecule has 0 atom stereocenters. The number of methoxy groups -OCH3 is 1. The number of aromatic nitrogens is 3. The highest BCUT2D eigenvalue weighted by molar-refractivity contribution is 7.71. The molecule has 0 unspecified atom stereocenters. The minimum absolute atomic E-state index is 0.609. The molecular weight excluding hydrogens is 404 g/mol. The number of anilines is 1. The van der Waals surface area contributed by atoms with Gasteiger partial charge in [0, 0.05) is 23.5 Å². The van der Waals surface area contributed by atoms with Crippen molar-refractivity contribution < 1.29 is 4.74 Å². The van der Waals surface area contributed by atoms with Gasteiger partial charge in [0.25, 0.3) is 0 Å². The lowest BCUT2D eigenvalue weighted by Crippen LogP contribution is -2.32. The van der Waals surface area contributed by atoms with Crippen LogP contribution in [0.25, 0.3) is 17.1 Å². The lowest BCUT2D eigenvalue weighted by molar-refractivity contribution is 0.413. The fourth-order valence-electron chi connectivity index (χ4n) is 4.17. The maximum Gasteiger partial charge on any atom is 0.204 e. The summed E-state index contributed by atoms with van der Waals surface area (Å²) in [6.45, 7) is 1.58. The van der Waals surface area contributed by atoms with Crippen molar-refractivity contribution in [2.75, 3.05) is 18.6 Å². The molecule has 1 aromatic heterocycles. The molecule has 0 fully saturated rings. The summed E-state index contributed by atoms with van der Waals surface area (Å²) in [6, 6.07) is 26.7. The quantitative estimate of drug-likeness (QED) is 0.394. The second kappa shape index (κ2) is 8.40. The SMILES string of the molecule is COc1ccc2c(c1)CCCN2Cn1nc(-c2ccccc2)n(-c2ccccc2)c1=S. The molecule has 31 heavy (non-hydrogen) atoms. The van der Waals surface area contributed by atoms with Gasteiger partial charge in [0.05, 0.1) is 7.11 Å². The molecule has 0 aliphatic carbocycles. The minimum atomic E-state index is 0.609. The van der Waals surface area contributed by atoms with Crippen LogP contribution < -0.4 is 9.64 Å². The zero-order chi connectivity index (χ0) is 21.2. The number of para-hydroxylation sites is 1. The van der Waals surface area contributed by atoms with Gasteiger partial charge in [-0.15, -0.1) is 5.10 Å². The normalized spacial score (nSPS) is 13.1. The number of fused-ring (bicyclic) bond motifs is 1. The van der Waals surface area contributed by atoms with Crippen LogP contribution in [0.4, 0.5) is 5.69 Å². The molecule has 0 saturated heterocycles. The first-order chi connectivity index (χ1) is 15.2. The monoisotopic (exact) mass is 428 g/mol. The highest BCUT2D eigenvalue weighted by Crippen LogP contribution is 2.31. The fraction of sp³-hybridized carbons (Fsp3) is 0.200. The van der Waals surface area contributed by atoms with Gasteiger partial charge >= 0.3 is 0 Å². The average molecular weight is 429 g/mol. The van der Waals surface area contributed by atoms with Gasteiger partial charge in [0.1, 0.15) is 12.4 Å². The van der Waals surface area contributed by atoms with Gasteiger partial charge in [0.2, 0.25) is 4.77 Å². The second-order valence-corrected chi connectivity index (χ2v) is 8.01. The van der Waals surface area contributed by atoms with Crippen molar-refractivity contribution in [2.45, 2.75) is 19.5 Å². The van der Waals surface area contributed by atoms with E-state index in [9.17, 15) is 0 Å². The van der Waals surface area contributed by atoms with Gasteiger partial charge in [-0.25, -0.2) is 4.68 Å². The highest BCUT2D eigenvalue weighted by Gasteiger charge is 2.20. The van der Waals surface area contributed by atoms with Gasteiger partial charge in [-0.1, -0.05) is 48.5 Å². The van der Waals surface area contributed by atoms with Crippen LogP contribution >= 0.6 is 12.2 Å². The van der Waals surface area contributed by atoms with Gasteiger partial charge in [-0.2, -0.15) is 0 Å². The van der Waals surface area contributed by atoms with E-state index in [4.69, 9.17) is 22.1 Å². The maximum absolute atomic E-state index is 5.92. The standard InChI is InChI=1S/C25H24N4OS/c1-30-22-14-15-23-20(17-22)11-8-16-27(23)18-28-25(31)29(21-12-6-3-7-13-21)24(26-28)19-9-4-2-5-10-19/h2-7,9-10,12-15,17H,8,11,16,18H2,1H3. The predicted octanol–water partition coefficient (Wildman–Crippen LogP) is 5.49. The van der Waals surface area contributed by atoms with E-state index < -0.39 is 0 Å². The van der Waals surface area contributed by atoms with Gasteiger partial charge < -0.3 is 9.64 Å². The van der Waals surface area contributed by atoms with E-state index in [2.05, 4.69) is 45.9 Å². The fourth-order valence-corrected chi connectivity index (χ4v) is 4.46. The zero-order valence-electron chi connectivity index (χ0n) is 17.4. The van der Waals surface area contributed by atoms with Crippen LogP contribution in [0.15, 0.2) is 78.9 Å². The van der Waals surface area contributed by atoms with E-state index in [0.29, 0.717) is 11.4 Å². The Morgan fingerprint density at radius 3 is 2.45 bits per heavy atom. The summed E-state index contributed by atoms with van der Waals surface area (Å²) < 4.78 is 10.1. The Morgan fingerprint density at radius 1 is 0.968 bits per heavy atom. The first-order valence-corrected chi connectivity index (χ1v) is 10.9.